The molecule has 0 aliphatic heterocycles. The van der Waals surface area contributed by atoms with Crippen molar-refractivity contribution < 1.29 is 9.72 Å². The van der Waals surface area contributed by atoms with E-state index in [0.29, 0.717) is 12.1 Å². The zero-order chi connectivity index (χ0) is 21.9. The lowest BCUT2D eigenvalue weighted by Crippen LogP contribution is -2.10. The minimum atomic E-state index is -0.442. The Balaban J connectivity index is 1.86. The SMILES string of the molecule is CCCCCCCCCCCCCCCCCCC(=O)Nc1ccc([N+](=O)[O-])cc1. The summed E-state index contributed by atoms with van der Waals surface area (Å²) in [4.78, 5) is 22.1. The lowest BCUT2D eigenvalue weighted by molar-refractivity contribution is -0.384. The monoisotopic (exact) mass is 418 g/mol. The minimum absolute atomic E-state index is 0.0192. The predicted octanol–water partition coefficient (Wildman–Crippen LogP) is 8.18. The summed E-state index contributed by atoms with van der Waals surface area (Å²) in [7, 11) is 0. The van der Waals surface area contributed by atoms with Crippen molar-refractivity contribution in [2.24, 2.45) is 0 Å². The highest BCUT2D eigenvalue weighted by Crippen LogP contribution is 2.17. The zero-order valence-electron chi connectivity index (χ0n) is 19.0. The van der Waals surface area contributed by atoms with E-state index in [4.69, 9.17) is 0 Å². The topological polar surface area (TPSA) is 72.2 Å². The predicted molar refractivity (Wildman–Crippen MR) is 126 cm³/mol. The van der Waals surface area contributed by atoms with Crippen LogP contribution >= 0.6 is 0 Å². The number of unbranched alkanes of at least 4 members (excludes halogenated alkanes) is 15. The molecule has 1 aromatic rings. The van der Waals surface area contributed by atoms with Crippen molar-refractivity contribution in [3.63, 3.8) is 0 Å². The number of hydrogen-bond donors (Lipinski definition) is 1. The van der Waals surface area contributed by atoms with Gasteiger partial charge in [0.25, 0.3) is 5.69 Å². The van der Waals surface area contributed by atoms with E-state index in [1.807, 2.05) is 0 Å². The second kappa shape index (κ2) is 17.9. The van der Waals surface area contributed by atoms with Crippen molar-refractivity contribution in [3.8, 4) is 0 Å². The summed E-state index contributed by atoms with van der Waals surface area (Å²) in [6, 6.07) is 5.96. The standard InChI is InChI=1S/C25H42N2O3/c1-2-3-4-5-6-7-8-9-10-11-12-13-14-15-16-17-18-25(28)26-23-19-21-24(22-20-23)27(29)30/h19-22H,2-18H2,1H3,(H,26,28). The molecule has 170 valence electrons. The maximum absolute atomic E-state index is 11.9. The lowest BCUT2D eigenvalue weighted by atomic mass is 10.0. The highest BCUT2D eigenvalue weighted by atomic mass is 16.6. The van der Waals surface area contributed by atoms with Crippen LogP contribution in [-0.4, -0.2) is 10.8 Å². The van der Waals surface area contributed by atoms with Gasteiger partial charge in [-0.1, -0.05) is 103 Å². The van der Waals surface area contributed by atoms with Crippen molar-refractivity contribution in [2.75, 3.05) is 5.32 Å². The maximum atomic E-state index is 11.9. The van der Waals surface area contributed by atoms with Gasteiger partial charge in [0.05, 0.1) is 4.92 Å². The fraction of sp³-hybridized carbons (Fsp3) is 0.720. The number of nitro benzene ring substituents is 1. The molecule has 0 saturated heterocycles. The van der Waals surface area contributed by atoms with E-state index in [9.17, 15) is 14.9 Å². The fourth-order valence-electron chi connectivity index (χ4n) is 3.72. The van der Waals surface area contributed by atoms with E-state index in [0.717, 1.165) is 12.8 Å². The molecule has 30 heavy (non-hydrogen) atoms. The number of nitrogens with zero attached hydrogens (tertiary/aromatic N) is 1. The van der Waals surface area contributed by atoms with Crippen LogP contribution < -0.4 is 5.32 Å². The Morgan fingerprint density at radius 2 is 1.13 bits per heavy atom. The van der Waals surface area contributed by atoms with Gasteiger partial charge in [-0.2, -0.15) is 0 Å². The molecule has 5 nitrogen and oxygen atoms in total. The molecule has 0 aromatic heterocycles. The second-order valence-corrected chi connectivity index (χ2v) is 8.41. The van der Waals surface area contributed by atoms with Crippen LogP contribution in [0.15, 0.2) is 24.3 Å². The van der Waals surface area contributed by atoms with E-state index in [1.165, 1.54) is 102 Å². The molecular weight excluding hydrogens is 376 g/mol. The third-order valence-corrected chi connectivity index (χ3v) is 5.62. The van der Waals surface area contributed by atoms with Crippen LogP contribution in [0, 0.1) is 10.1 Å². The molecule has 0 fully saturated rings. The molecule has 0 heterocycles. The smallest absolute Gasteiger partial charge is 0.269 e. The van der Waals surface area contributed by atoms with Crippen molar-refractivity contribution in [1.29, 1.82) is 0 Å². The van der Waals surface area contributed by atoms with Gasteiger partial charge in [-0.05, 0) is 18.6 Å². The maximum Gasteiger partial charge on any atom is 0.269 e. The second-order valence-electron chi connectivity index (χ2n) is 8.41. The van der Waals surface area contributed by atoms with Gasteiger partial charge in [-0.3, -0.25) is 14.9 Å². The summed E-state index contributed by atoms with van der Waals surface area (Å²) in [5, 5.41) is 13.4. The summed E-state index contributed by atoms with van der Waals surface area (Å²) in [5.41, 5.74) is 0.646. The van der Waals surface area contributed by atoms with Crippen LogP contribution in [-0.2, 0) is 4.79 Å². The van der Waals surface area contributed by atoms with E-state index >= 15 is 0 Å². The van der Waals surface area contributed by atoms with E-state index in [1.54, 1.807) is 12.1 Å². The van der Waals surface area contributed by atoms with Gasteiger partial charge in [0.15, 0.2) is 0 Å². The number of hydrogen-bond acceptors (Lipinski definition) is 3. The Labute approximate surface area is 183 Å². The largest absolute Gasteiger partial charge is 0.326 e. The molecule has 0 saturated carbocycles. The Hall–Kier alpha value is -1.91. The van der Waals surface area contributed by atoms with Gasteiger partial charge >= 0.3 is 0 Å². The van der Waals surface area contributed by atoms with Gasteiger partial charge in [0.1, 0.15) is 0 Å². The molecule has 0 aliphatic carbocycles. The van der Waals surface area contributed by atoms with E-state index in [-0.39, 0.29) is 11.6 Å². The van der Waals surface area contributed by atoms with Crippen LogP contribution in [0.2, 0.25) is 0 Å². The van der Waals surface area contributed by atoms with E-state index in [2.05, 4.69) is 12.2 Å². The van der Waals surface area contributed by atoms with E-state index < -0.39 is 4.92 Å². The summed E-state index contributed by atoms with van der Waals surface area (Å²) in [6.07, 6.45) is 21.6. The van der Waals surface area contributed by atoms with Crippen molar-refractivity contribution >= 4 is 17.3 Å². The van der Waals surface area contributed by atoms with Gasteiger partial charge in [-0.15, -0.1) is 0 Å². The third kappa shape index (κ3) is 14.1. The number of rotatable bonds is 19. The van der Waals surface area contributed by atoms with Gasteiger partial charge < -0.3 is 5.32 Å². The first-order valence-electron chi connectivity index (χ1n) is 12.2. The summed E-state index contributed by atoms with van der Waals surface area (Å²) < 4.78 is 0. The normalized spacial score (nSPS) is 10.8. The fourth-order valence-corrected chi connectivity index (χ4v) is 3.72. The Bertz CT molecular complexity index is 572. The summed E-state index contributed by atoms with van der Waals surface area (Å²) in [6.45, 7) is 2.27. The highest BCUT2D eigenvalue weighted by Gasteiger charge is 2.06. The molecule has 1 amide bonds. The van der Waals surface area contributed by atoms with Crippen molar-refractivity contribution in [3.05, 3.63) is 34.4 Å². The zero-order valence-corrected chi connectivity index (χ0v) is 19.0. The lowest BCUT2D eigenvalue weighted by Gasteiger charge is -2.05. The first-order valence-corrected chi connectivity index (χ1v) is 12.2. The van der Waals surface area contributed by atoms with Crippen molar-refractivity contribution in [2.45, 2.75) is 116 Å². The molecule has 0 spiro atoms. The summed E-state index contributed by atoms with van der Waals surface area (Å²) in [5.74, 6) is -0.0192. The first-order chi connectivity index (χ1) is 14.6. The van der Waals surface area contributed by atoms with Crippen molar-refractivity contribution in [1.82, 2.24) is 0 Å². The number of carbonyl (C=O) groups is 1. The van der Waals surface area contributed by atoms with Crippen LogP contribution in [0.1, 0.15) is 116 Å². The van der Waals surface area contributed by atoms with Crippen LogP contribution in [0.3, 0.4) is 0 Å². The molecular formula is C25H42N2O3. The van der Waals surface area contributed by atoms with Gasteiger partial charge in [0, 0.05) is 24.2 Å². The number of amides is 1. The summed E-state index contributed by atoms with van der Waals surface area (Å²) >= 11 is 0. The minimum Gasteiger partial charge on any atom is -0.326 e. The average molecular weight is 419 g/mol. The molecule has 1 N–H and O–H groups in total. The number of carbonyl (C=O) groups excluding carboxylic acids is 1. The average Bonchev–Trinajstić information content (AvgIpc) is 2.74. The van der Waals surface area contributed by atoms with Crippen LogP contribution in [0.4, 0.5) is 11.4 Å². The number of benzene rings is 1. The van der Waals surface area contributed by atoms with Crippen LogP contribution in [0.25, 0.3) is 0 Å². The quantitative estimate of drug-likeness (QED) is 0.140. The number of nitrogens with one attached hydrogen (secondary N) is 1. The molecule has 0 bridgehead atoms. The molecule has 0 unspecified atom stereocenters. The molecule has 1 rings (SSSR count). The number of non-ortho nitro benzene ring substituents is 1. The molecule has 0 atom stereocenters. The Kier molecular flexibility index (Phi) is 15.6. The number of anilines is 1. The van der Waals surface area contributed by atoms with Crippen LogP contribution in [0.5, 0.6) is 0 Å². The highest BCUT2D eigenvalue weighted by molar-refractivity contribution is 5.90. The molecule has 5 heteroatoms. The number of nitro groups is 1. The van der Waals surface area contributed by atoms with Gasteiger partial charge in [-0.25, -0.2) is 0 Å². The molecule has 1 aromatic carbocycles. The molecule has 0 aliphatic rings. The third-order valence-electron chi connectivity index (χ3n) is 5.62. The first kappa shape index (κ1) is 26.1. The van der Waals surface area contributed by atoms with Gasteiger partial charge in [0.2, 0.25) is 5.91 Å². The Morgan fingerprint density at radius 3 is 1.53 bits per heavy atom. The molecule has 0 radical (unpaired) electrons. The Morgan fingerprint density at radius 1 is 0.733 bits per heavy atom.